The molecular weight excluding hydrogens is 423 g/mol. The van der Waals surface area contributed by atoms with Gasteiger partial charge in [0.15, 0.2) is 0 Å². The van der Waals surface area contributed by atoms with E-state index < -0.39 is 17.2 Å². The van der Waals surface area contributed by atoms with Crippen LogP contribution in [0.15, 0.2) is 52.2 Å². The number of fused-ring (bicyclic) bond motifs is 1. The van der Waals surface area contributed by atoms with Crippen molar-refractivity contribution in [3.63, 3.8) is 0 Å². The molecular formula is C21H16ClFN6O2. The van der Waals surface area contributed by atoms with Crippen LogP contribution in [-0.2, 0) is 20.1 Å². The molecule has 156 valence electrons. The SMILES string of the molecule is C#CCn1c(=O)nc(Nc2cc3cn(C)nc3cc2Cl)n(Cc2ccc(F)cc2)c1=O. The third-order valence-corrected chi connectivity index (χ3v) is 4.92. The molecule has 8 nitrogen and oxygen atoms in total. The van der Waals surface area contributed by atoms with E-state index in [9.17, 15) is 14.0 Å². The maximum Gasteiger partial charge on any atom is 0.355 e. The van der Waals surface area contributed by atoms with Crippen molar-refractivity contribution in [3.05, 3.63) is 80.0 Å². The van der Waals surface area contributed by atoms with Gasteiger partial charge in [-0.2, -0.15) is 10.1 Å². The largest absolute Gasteiger partial charge is 0.355 e. The van der Waals surface area contributed by atoms with E-state index >= 15 is 0 Å². The minimum Gasteiger partial charge on any atom is -0.324 e. The summed E-state index contributed by atoms with van der Waals surface area (Å²) < 4.78 is 17.0. The van der Waals surface area contributed by atoms with E-state index in [1.165, 1.54) is 28.8 Å². The molecule has 2 aromatic heterocycles. The maximum absolute atomic E-state index is 13.3. The highest BCUT2D eigenvalue weighted by molar-refractivity contribution is 6.34. The van der Waals surface area contributed by atoms with Gasteiger partial charge in [-0.25, -0.2) is 18.5 Å². The number of aryl methyl sites for hydroxylation is 1. The van der Waals surface area contributed by atoms with Crippen LogP contribution >= 0.6 is 11.6 Å². The van der Waals surface area contributed by atoms with Gasteiger partial charge in [0.2, 0.25) is 5.95 Å². The number of nitrogens with one attached hydrogen (secondary N) is 1. The lowest BCUT2D eigenvalue weighted by Crippen LogP contribution is -2.42. The number of aromatic nitrogens is 5. The molecule has 0 saturated carbocycles. The molecule has 10 heteroatoms. The highest BCUT2D eigenvalue weighted by Gasteiger charge is 2.15. The van der Waals surface area contributed by atoms with Crippen molar-refractivity contribution in [2.24, 2.45) is 7.05 Å². The summed E-state index contributed by atoms with van der Waals surface area (Å²) in [4.78, 5) is 29.4. The summed E-state index contributed by atoms with van der Waals surface area (Å²) in [7, 11) is 1.79. The standard InChI is InChI=1S/C21H16ClFN6O2/c1-3-8-28-20(30)25-19(29(21(28)31)11-13-4-6-15(23)7-5-13)24-18-9-14-12-27(2)26-17(14)10-16(18)22/h1,4-7,9-10,12H,8,11H2,2H3,(H,24,25,30). The van der Waals surface area contributed by atoms with Crippen molar-refractivity contribution in [1.29, 1.82) is 0 Å². The molecule has 0 aliphatic rings. The Hall–Kier alpha value is -3.90. The van der Waals surface area contributed by atoms with Crippen molar-refractivity contribution < 1.29 is 4.39 Å². The van der Waals surface area contributed by atoms with Gasteiger partial charge >= 0.3 is 11.4 Å². The molecule has 0 bridgehead atoms. The van der Waals surface area contributed by atoms with Crippen molar-refractivity contribution in [2.75, 3.05) is 5.32 Å². The molecule has 0 saturated heterocycles. The highest BCUT2D eigenvalue weighted by atomic mass is 35.5. The smallest absolute Gasteiger partial charge is 0.324 e. The van der Waals surface area contributed by atoms with Gasteiger partial charge < -0.3 is 5.32 Å². The van der Waals surface area contributed by atoms with E-state index in [2.05, 4.69) is 21.3 Å². The van der Waals surface area contributed by atoms with Crippen molar-refractivity contribution in [2.45, 2.75) is 13.1 Å². The lowest BCUT2D eigenvalue weighted by atomic mass is 10.2. The number of hydrogen-bond donors (Lipinski definition) is 1. The van der Waals surface area contributed by atoms with E-state index in [0.29, 0.717) is 21.8 Å². The molecule has 0 atom stereocenters. The second-order valence-electron chi connectivity index (χ2n) is 6.82. The van der Waals surface area contributed by atoms with Gasteiger partial charge in [-0.3, -0.25) is 9.25 Å². The lowest BCUT2D eigenvalue weighted by molar-refractivity contribution is 0.598. The van der Waals surface area contributed by atoms with Gasteiger partial charge in [-0.15, -0.1) is 6.42 Å². The molecule has 1 N–H and O–H groups in total. The summed E-state index contributed by atoms with van der Waals surface area (Å²) >= 11 is 6.37. The van der Waals surface area contributed by atoms with Crippen molar-refractivity contribution >= 4 is 34.1 Å². The van der Waals surface area contributed by atoms with Crippen LogP contribution in [0.5, 0.6) is 0 Å². The summed E-state index contributed by atoms with van der Waals surface area (Å²) in [5.74, 6) is 1.86. The van der Waals surface area contributed by atoms with Crippen LogP contribution < -0.4 is 16.7 Å². The quantitative estimate of drug-likeness (QED) is 0.484. The third-order valence-electron chi connectivity index (χ3n) is 4.61. The van der Waals surface area contributed by atoms with E-state index in [-0.39, 0.29) is 19.0 Å². The molecule has 4 aromatic rings. The second-order valence-corrected chi connectivity index (χ2v) is 7.23. The Bertz CT molecular complexity index is 1450. The van der Waals surface area contributed by atoms with Gasteiger partial charge in [0.1, 0.15) is 5.82 Å². The molecule has 2 heterocycles. The molecule has 4 rings (SSSR count). The maximum atomic E-state index is 13.3. The predicted molar refractivity (Wildman–Crippen MR) is 116 cm³/mol. The topological polar surface area (TPSA) is 86.7 Å². The van der Waals surface area contributed by atoms with Crippen LogP contribution in [-0.4, -0.2) is 23.9 Å². The number of hydrogen-bond acceptors (Lipinski definition) is 5. The second kappa shape index (κ2) is 8.08. The first kappa shape index (κ1) is 20.4. The van der Waals surface area contributed by atoms with Crippen LogP contribution in [0.3, 0.4) is 0 Å². The molecule has 0 amide bonds. The lowest BCUT2D eigenvalue weighted by Gasteiger charge is -2.15. The highest BCUT2D eigenvalue weighted by Crippen LogP contribution is 2.29. The average molecular weight is 439 g/mol. The molecule has 0 fully saturated rings. The average Bonchev–Trinajstić information content (AvgIpc) is 3.08. The Morgan fingerprint density at radius 3 is 2.65 bits per heavy atom. The molecule has 0 spiro atoms. The summed E-state index contributed by atoms with van der Waals surface area (Å²) in [5.41, 5.74) is 0.325. The van der Waals surface area contributed by atoms with E-state index in [4.69, 9.17) is 18.0 Å². The monoisotopic (exact) mass is 438 g/mol. The minimum absolute atomic E-state index is 0.0160. The number of nitrogens with zero attached hydrogens (tertiary/aromatic N) is 5. The molecule has 0 aliphatic carbocycles. The Balaban J connectivity index is 1.83. The number of benzene rings is 2. The first-order valence-electron chi connectivity index (χ1n) is 9.15. The Morgan fingerprint density at radius 2 is 1.94 bits per heavy atom. The predicted octanol–water partition coefficient (Wildman–Crippen LogP) is 2.51. The number of terminal acetylenes is 1. The summed E-state index contributed by atoms with van der Waals surface area (Å²) in [6.07, 6.45) is 7.09. The number of anilines is 2. The summed E-state index contributed by atoms with van der Waals surface area (Å²) in [5, 5.41) is 8.41. The van der Waals surface area contributed by atoms with Crippen LogP contribution in [0.1, 0.15) is 5.56 Å². The zero-order chi connectivity index (χ0) is 22.1. The normalized spacial score (nSPS) is 10.9. The summed E-state index contributed by atoms with van der Waals surface area (Å²) in [6.45, 7) is -0.192. The Labute approximate surface area is 180 Å². The van der Waals surface area contributed by atoms with Gasteiger partial charge in [-0.1, -0.05) is 29.7 Å². The van der Waals surface area contributed by atoms with Gasteiger partial charge in [-0.05, 0) is 29.8 Å². The molecule has 31 heavy (non-hydrogen) atoms. The van der Waals surface area contributed by atoms with Crippen LogP contribution in [0.4, 0.5) is 16.0 Å². The van der Waals surface area contributed by atoms with Gasteiger partial charge in [0.25, 0.3) is 0 Å². The fourth-order valence-electron chi connectivity index (χ4n) is 3.15. The van der Waals surface area contributed by atoms with E-state index in [1.54, 1.807) is 30.1 Å². The zero-order valence-corrected chi connectivity index (χ0v) is 17.1. The molecule has 0 aliphatic heterocycles. The third kappa shape index (κ3) is 4.06. The zero-order valence-electron chi connectivity index (χ0n) is 16.3. The van der Waals surface area contributed by atoms with Crippen molar-refractivity contribution in [3.8, 4) is 12.3 Å². The van der Waals surface area contributed by atoms with Gasteiger partial charge in [0, 0.05) is 18.6 Å². The minimum atomic E-state index is -0.792. The number of halogens is 2. The van der Waals surface area contributed by atoms with Crippen LogP contribution in [0.25, 0.3) is 10.9 Å². The van der Waals surface area contributed by atoms with Crippen LogP contribution in [0, 0.1) is 18.2 Å². The fourth-order valence-corrected chi connectivity index (χ4v) is 3.36. The fraction of sp³-hybridized carbons (Fsp3) is 0.143. The Morgan fingerprint density at radius 1 is 1.19 bits per heavy atom. The van der Waals surface area contributed by atoms with E-state index in [0.717, 1.165) is 9.95 Å². The van der Waals surface area contributed by atoms with E-state index in [1.807, 2.05) is 0 Å². The van der Waals surface area contributed by atoms with Gasteiger partial charge in [0.05, 0.1) is 29.3 Å². The molecule has 0 radical (unpaired) electrons. The number of rotatable bonds is 5. The summed E-state index contributed by atoms with van der Waals surface area (Å²) in [6, 6.07) is 9.05. The van der Waals surface area contributed by atoms with Crippen LogP contribution in [0.2, 0.25) is 5.02 Å². The van der Waals surface area contributed by atoms with Crippen molar-refractivity contribution in [1.82, 2.24) is 23.9 Å². The molecule has 2 aromatic carbocycles. The first-order chi connectivity index (χ1) is 14.9. The first-order valence-corrected chi connectivity index (χ1v) is 9.53. The Kier molecular flexibility index (Phi) is 5.31. The molecule has 0 unspecified atom stereocenters.